The zero-order valence-electron chi connectivity index (χ0n) is 5.73. The molecule has 0 N–H and O–H groups in total. The minimum absolute atomic E-state index is 1.10. The van der Waals surface area contributed by atoms with E-state index < -0.39 is 0 Å². The summed E-state index contributed by atoms with van der Waals surface area (Å²) in [4.78, 5) is 4.00. The molecule has 50 valence electrons. The van der Waals surface area contributed by atoms with Crippen molar-refractivity contribution in [1.82, 2.24) is 9.38 Å². The van der Waals surface area contributed by atoms with Crippen LogP contribution in [0.4, 0.5) is 0 Å². The lowest BCUT2D eigenvalue weighted by atomic mass is 10.7. The van der Waals surface area contributed by atoms with Gasteiger partial charge in [0.1, 0.15) is 24.8 Å². The van der Waals surface area contributed by atoms with Crippen molar-refractivity contribution in [1.29, 1.82) is 0 Å². The maximum Gasteiger partial charge on any atom is 0.304 e. The first-order chi connectivity index (χ1) is 4.88. The molecular formula is C7H8N3+. The zero-order valence-corrected chi connectivity index (χ0v) is 5.73. The van der Waals surface area contributed by atoms with Crippen molar-refractivity contribution in [2.75, 3.05) is 0 Å². The SMILES string of the molecule is C[n+]1ccn2ccncc21. The molecule has 0 saturated carbocycles. The van der Waals surface area contributed by atoms with Crippen LogP contribution >= 0.6 is 0 Å². The highest BCUT2D eigenvalue weighted by Crippen LogP contribution is 1.91. The molecule has 0 radical (unpaired) electrons. The van der Waals surface area contributed by atoms with Crippen LogP contribution in [0.25, 0.3) is 5.65 Å². The summed E-state index contributed by atoms with van der Waals surface area (Å²) in [6.45, 7) is 0. The molecule has 10 heavy (non-hydrogen) atoms. The molecule has 0 unspecified atom stereocenters. The van der Waals surface area contributed by atoms with Gasteiger partial charge in [-0.2, -0.15) is 4.40 Å². The minimum Gasteiger partial charge on any atom is -0.252 e. The Balaban J connectivity index is 2.93. The van der Waals surface area contributed by atoms with Crippen molar-refractivity contribution in [3.05, 3.63) is 31.0 Å². The molecule has 0 spiro atoms. The van der Waals surface area contributed by atoms with Gasteiger partial charge in [0.25, 0.3) is 0 Å². The van der Waals surface area contributed by atoms with Crippen LogP contribution in [0.2, 0.25) is 0 Å². The first-order valence-corrected chi connectivity index (χ1v) is 3.14. The highest BCUT2D eigenvalue weighted by molar-refractivity contribution is 5.26. The maximum absolute atomic E-state index is 4.00. The molecular weight excluding hydrogens is 126 g/mol. The molecule has 0 amide bonds. The lowest BCUT2D eigenvalue weighted by molar-refractivity contribution is -0.644. The Bertz CT molecular complexity index is 350. The monoisotopic (exact) mass is 134 g/mol. The Kier molecular flexibility index (Phi) is 0.974. The summed E-state index contributed by atoms with van der Waals surface area (Å²) in [7, 11) is 2.00. The number of hydrogen-bond acceptors (Lipinski definition) is 1. The average molecular weight is 134 g/mol. The third kappa shape index (κ3) is 0.603. The van der Waals surface area contributed by atoms with Gasteiger partial charge in [0, 0.05) is 0 Å². The fraction of sp³-hybridized carbons (Fsp3) is 0.143. The van der Waals surface area contributed by atoms with Crippen LogP contribution in [0, 0.1) is 0 Å². The Morgan fingerprint density at radius 1 is 1.50 bits per heavy atom. The van der Waals surface area contributed by atoms with Crippen LogP contribution in [-0.4, -0.2) is 9.38 Å². The molecule has 0 aromatic carbocycles. The second-order valence-corrected chi connectivity index (χ2v) is 2.25. The van der Waals surface area contributed by atoms with Gasteiger partial charge in [-0.15, -0.1) is 0 Å². The van der Waals surface area contributed by atoms with Gasteiger partial charge in [-0.3, -0.25) is 4.98 Å². The van der Waals surface area contributed by atoms with E-state index in [1.54, 1.807) is 6.20 Å². The van der Waals surface area contributed by atoms with E-state index in [1.807, 2.05) is 40.8 Å². The highest BCUT2D eigenvalue weighted by atomic mass is 15.1. The van der Waals surface area contributed by atoms with Crippen LogP contribution in [0.3, 0.4) is 0 Å². The van der Waals surface area contributed by atoms with Crippen LogP contribution in [0.1, 0.15) is 0 Å². The van der Waals surface area contributed by atoms with E-state index in [4.69, 9.17) is 0 Å². The Morgan fingerprint density at radius 2 is 2.40 bits per heavy atom. The molecule has 0 aliphatic rings. The molecule has 0 atom stereocenters. The van der Waals surface area contributed by atoms with Crippen LogP contribution in [0.5, 0.6) is 0 Å². The standard InChI is InChI=1S/C7H8N3/c1-9-4-5-10-3-2-8-6-7(9)10/h2-6H,1H3/q+1. The Morgan fingerprint density at radius 3 is 3.20 bits per heavy atom. The number of hydrogen-bond donors (Lipinski definition) is 0. The highest BCUT2D eigenvalue weighted by Gasteiger charge is 2.01. The second-order valence-electron chi connectivity index (χ2n) is 2.25. The lowest BCUT2D eigenvalue weighted by Crippen LogP contribution is -2.25. The molecule has 0 aliphatic heterocycles. The molecule has 0 bridgehead atoms. The van der Waals surface area contributed by atoms with Gasteiger partial charge in [0.05, 0.1) is 13.2 Å². The van der Waals surface area contributed by atoms with Crippen molar-refractivity contribution >= 4 is 5.65 Å². The molecule has 3 heteroatoms. The van der Waals surface area contributed by atoms with Gasteiger partial charge in [-0.05, 0) is 0 Å². The van der Waals surface area contributed by atoms with Gasteiger partial charge in [0.15, 0.2) is 0 Å². The van der Waals surface area contributed by atoms with E-state index in [-0.39, 0.29) is 0 Å². The minimum atomic E-state index is 1.10. The van der Waals surface area contributed by atoms with Gasteiger partial charge in [-0.25, -0.2) is 4.57 Å². The predicted octanol–water partition coefficient (Wildman–Crippen LogP) is 0.159. The van der Waals surface area contributed by atoms with Crippen molar-refractivity contribution in [2.45, 2.75) is 0 Å². The summed E-state index contributed by atoms with van der Waals surface area (Å²) in [5.41, 5.74) is 1.10. The maximum atomic E-state index is 4.00. The van der Waals surface area contributed by atoms with Gasteiger partial charge in [-0.1, -0.05) is 0 Å². The smallest absolute Gasteiger partial charge is 0.252 e. The summed E-state index contributed by atoms with van der Waals surface area (Å²) in [6.07, 6.45) is 9.52. The summed E-state index contributed by atoms with van der Waals surface area (Å²) in [5.74, 6) is 0. The number of fused-ring (bicyclic) bond motifs is 1. The first-order valence-electron chi connectivity index (χ1n) is 3.14. The molecule has 0 fully saturated rings. The number of nitrogens with zero attached hydrogens (tertiary/aromatic N) is 3. The number of rotatable bonds is 0. The van der Waals surface area contributed by atoms with Gasteiger partial charge >= 0.3 is 5.65 Å². The third-order valence-electron chi connectivity index (χ3n) is 1.58. The Hall–Kier alpha value is -1.38. The largest absolute Gasteiger partial charge is 0.304 e. The number of imidazole rings is 1. The molecule has 3 nitrogen and oxygen atoms in total. The fourth-order valence-electron chi connectivity index (χ4n) is 1.01. The van der Waals surface area contributed by atoms with Crippen LogP contribution in [-0.2, 0) is 7.05 Å². The molecule has 2 rings (SSSR count). The first kappa shape index (κ1) is 5.41. The molecule has 0 aliphatic carbocycles. The van der Waals surface area contributed by atoms with Crippen molar-refractivity contribution in [2.24, 2.45) is 7.05 Å². The number of aryl methyl sites for hydroxylation is 1. The third-order valence-corrected chi connectivity index (χ3v) is 1.58. The average Bonchev–Trinajstić information content (AvgIpc) is 2.34. The van der Waals surface area contributed by atoms with Crippen LogP contribution < -0.4 is 4.57 Å². The molecule has 2 heterocycles. The Labute approximate surface area is 58.6 Å². The fourth-order valence-corrected chi connectivity index (χ4v) is 1.01. The topological polar surface area (TPSA) is 21.2 Å². The van der Waals surface area contributed by atoms with E-state index in [9.17, 15) is 0 Å². The van der Waals surface area contributed by atoms with E-state index in [0.29, 0.717) is 0 Å². The molecule has 2 aromatic rings. The molecule has 0 saturated heterocycles. The van der Waals surface area contributed by atoms with Crippen molar-refractivity contribution < 1.29 is 4.57 Å². The van der Waals surface area contributed by atoms with E-state index >= 15 is 0 Å². The van der Waals surface area contributed by atoms with E-state index in [1.165, 1.54) is 0 Å². The van der Waals surface area contributed by atoms with Gasteiger partial charge in [0.2, 0.25) is 0 Å². The predicted molar refractivity (Wildman–Crippen MR) is 36.4 cm³/mol. The van der Waals surface area contributed by atoms with E-state index in [0.717, 1.165) is 5.65 Å². The van der Waals surface area contributed by atoms with Crippen molar-refractivity contribution in [3.8, 4) is 0 Å². The normalized spacial score (nSPS) is 10.5. The lowest BCUT2D eigenvalue weighted by Gasteiger charge is -1.83. The summed E-state index contributed by atoms with van der Waals surface area (Å²) in [5, 5.41) is 0. The van der Waals surface area contributed by atoms with E-state index in [2.05, 4.69) is 4.98 Å². The van der Waals surface area contributed by atoms with Gasteiger partial charge < -0.3 is 0 Å². The molecule has 2 aromatic heterocycles. The number of aromatic nitrogens is 3. The summed E-state index contributed by atoms with van der Waals surface area (Å²) in [6, 6.07) is 0. The summed E-state index contributed by atoms with van der Waals surface area (Å²) >= 11 is 0. The zero-order chi connectivity index (χ0) is 6.97. The second kappa shape index (κ2) is 1.80. The summed E-state index contributed by atoms with van der Waals surface area (Å²) < 4.78 is 4.04. The van der Waals surface area contributed by atoms with Crippen LogP contribution in [0.15, 0.2) is 31.0 Å². The van der Waals surface area contributed by atoms with Crippen molar-refractivity contribution in [3.63, 3.8) is 0 Å². The quantitative estimate of drug-likeness (QED) is 0.470.